The predicted octanol–water partition coefficient (Wildman–Crippen LogP) is 13.7. The first-order chi connectivity index (χ1) is 26.0. The highest BCUT2D eigenvalue weighted by Gasteiger charge is 2.19. The topological polar surface area (TPSA) is 78.9 Å². The van der Waals surface area contributed by atoms with Gasteiger partial charge in [-0.3, -0.25) is 14.4 Å². The van der Waals surface area contributed by atoms with Crippen LogP contribution in [0.15, 0.2) is 60.8 Å². The Balaban J connectivity index is 4.34. The van der Waals surface area contributed by atoms with Gasteiger partial charge in [-0.2, -0.15) is 0 Å². The largest absolute Gasteiger partial charge is 0.462 e. The van der Waals surface area contributed by atoms with Crippen LogP contribution in [0.2, 0.25) is 0 Å². The molecule has 6 nitrogen and oxygen atoms in total. The Morgan fingerprint density at radius 1 is 0.396 bits per heavy atom. The summed E-state index contributed by atoms with van der Waals surface area (Å²) in [5, 5.41) is 0. The van der Waals surface area contributed by atoms with Crippen molar-refractivity contribution < 1.29 is 28.6 Å². The number of esters is 3. The Bertz CT molecular complexity index is 991. The van der Waals surface area contributed by atoms with Gasteiger partial charge in [0, 0.05) is 19.3 Å². The molecule has 1 unspecified atom stereocenters. The standard InChI is InChI=1S/C47H80O6/c1-4-7-10-13-15-17-19-21-23-25-27-29-31-34-37-40-46(49)52-43-44(42-51-45(48)39-36-33-12-9-6-3)53-47(50)41-38-35-32-30-28-26-24-22-20-18-16-14-11-8-5-2/h7,10,15,17,21-24,27,29,44H,4-6,8-9,11-14,16,18-20,25-26,28,30-43H2,1-3H3/b10-7-,17-15-,23-21-,24-22-,29-27-. The lowest BCUT2D eigenvalue weighted by Gasteiger charge is -2.18. The molecule has 0 rings (SSSR count). The summed E-state index contributed by atoms with van der Waals surface area (Å²) in [5.74, 6) is -0.963. The second-order valence-electron chi connectivity index (χ2n) is 14.2. The van der Waals surface area contributed by atoms with E-state index in [0.717, 1.165) is 103 Å². The SMILES string of the molecule is CC/C=C\C/C=C\C/C=C\C/C=C\CCCCC(=O)OCC(COC(=O)CCCCCCC)OC(=O)CCCCCCC/C=C\CCCCCCCC. The number of rotatable bonds is 38. The van der Waals surface area contributed by atoms with E-state index in [4.69, 9.17) is 14.2 Å². The van der Waals surface area contributed by atoms with Crippen molar-refractivity contribution in [3.8, 4) is 0 Å². The smallest absolute Gasteiger partial charge is 0.306 e. The lowest BCUT2D eigenvalue weighted by molar-refractivity contribution is -0.167. The van der Waals surface area contributed by atoms with Crippen LogP contribution in [0.5, 0.6) is 0 Å². The molecule has 0 aromatic heterocycles. The van der Waals surface area contributed by atoms with E-state index in [-0.39, 0.29) is 31.1 Å². The lowest BCUT2D eigenvalue weighted by Crippen LogP contribution is -2.30. The zero-order chi connectivity index (χ0) is 38.7. The average Bonchev–Trinajstić information content (AvgIpc) is 3.15. The van der Waals surface area contributed by atoms with Crippen LogP contribution in [0.3, 0.4) is 0 Å². The molecule has 0 radical (unpaired) electrons. The molecule has 0 N–H and O–H groups in total. The first kappa shape index (κ1) is 50.1. The number of hydrogen-bond acceptors (Lipinski definition) is 6. The molecule has 0 amide bonds. The third-order valence-electron chi connectivity index (χ3n) is 9.01. The van der Waals surface area contributed by atoms with Crippen molar-refractivity contribution in [1.29, 1.82) is 0 Å². The normalized spacial score (nSPS) is 12.6. The number of unbranched alkanes of at least 4 members (excludes halogenated alkanes) is 17. The third-order valence-corrected chi connectivity index (χ3v) is 9.01. The minimum atomic E-state index is -0.789. The van der Waals surface area contributed by atoms with E-state index < -0.39 is 6.10 Å². The zero-order valence-corrected chi connectivity index (χ0v) is 34.5. The van der Waals surface area contributed by atoms with Crippen molar-refractivity contribution in [1.82, 2.24) is 0 Å². The highest BCUT2D eigenvalue weighted by atomic mass is 16.6. The van der Waals surface area contributed by atoms with Crippen molar-refractivity contribution in [2.24, 2.45) is 0 Å². The first-order valence-corrected chi connectivity index (χ1v) is 21.8. The number of hydrogen-bond donors (Lipinski definition) is 0. The van der Waals surface area contributed by atoms with Gasteiger partial charge in [0.15, 0.2) is 6.10 Å². The monoisotopic (exact) mass is 741 g/mol. The van der Waals surface area contributed by atoms with Gasteiger partial charge in [-0.1, -0.05) is 159 Å². The molecule has 0 spiro atoms. The van der Waals surface area contributed by atoms with Crippen molar-refractivity contribution in [3.05, 3.63) is 60.8 Å². The Hall–Kier alpha value is -2.89. The van der Waals surface area contributed by atoms with Gasteiger partial charge in [0.1, 0.15) is 13.2 Å². The predicted molar refractivity (Wildman–Crippen MR) is 224 cm³/mol. The summed E-state index contributed by atoms with van der Waals surface area (Å²) in [6.45, 7) is 6.37. The van der Waals surface area contributed by atoms with Crippen LogP contribution in [-0.2, 0) is 28.6 Å². The van der Waals surface area contributed by atoms with E-state index in [0.29, 0.717) is 19.3 Å². The summed E-state index contributed by atoms with van der Waals surface area (Å²) in [6.07, 6.45) is 49.5. The van der Waals surface area contributed by atoms with Crippen LogP contribution in [0.1, 0.15) is 201 Å². The number of carbonyl (C=O) groups is 3. The molecular weight excluding hydrogens is 661 g/mol. The Kier molecular flexibility index (Phi) is 39.6. The minimum absolute atomic E-state index is 0.0922. The molecule has 0 aliphatic rings. The van der Waals surface area contributed by atoms with E-state index >= 15 is 0 Å². The van der Waals surface area contributed by atoms with Gasteiger partial charge >= 0.3 is 17.9 Å². The molecule has 0 aliphatic heterocycles. The summed E-state index contributed by atoms with van der Waals surface area (Å²) in [7, 11) is 0. The van der Waals surface area contributed by atoms with Crippen LogP contribution in [-0.4, -0.2) is 37.2 Å². The van der Waals surface area contributed by atoms with Gasteiger partial charge < -0.3 is 14.2 Å². The minimum Gasteiger partial charge on any atom is -0.462 e. The molecule has 0 aliphatic carbocycles. The molecule has 0 aromatic carbocycles. The van der Waals surface area contributed by atoms with E-state index in [1.807, 2.05) is 0 Å². The summed E-state index contributed by atoms with van der Waals surface area (Å²) >= 11 is 0. The van der Waals surface area contributed by atoms with Crippen molar-refractivity contribution in [3.63, 3.8) is 0 Å². The molecule has 304 valence electrons. The van der Waals surface area contributed by atoms with Crippen LogP contribution >= 0.6 is 0 Å². The van der Waals surface area contributed by atoms with Gasteiger partial charge in [-0.05, 0) is 83.5 Å². The Morgan fingerprint density at radius 3 is 1.21 bits per heavy atom. The summed E-state index contributed by atoms with van der Waals surface area (Å²) in [5.41, 5.74) is 0. The van der Waals surface area contributed by atoms with Crippen molar-refractivity contribution in [2.75, 3.05) is 13.2 Å². The van der Waals surface area contributed by atoms with Gasteiger partial charge in [-0.15, -0.1) is 0 Å². The van der Waals surface area contributed by atoms with Crippen molar-refractivity contribution in [2.45, 2.75) is 207 Å². The van der Waals surface area contributed by atoms with Gasteiger partial charge in [-0.25, -0.2) is 0 Å². The maximum absolute atomic E-state index is 12.6. The molecule has 0 fully saturated rings. The highest BCUT2D eigenvalue weighted by molar-refractivity contribution is 5.71. The summed E-state index contributed by atoms with van der Waals surface area (Å²) in [6, 6.07) is 0. The number of ether oxygens (including phenoxy) is 3. The fraction of sp³-hybridized carbons (Fsp3) is 0.723. The van der Waals surface area contributed by atoms with Gasteiger partial charge in [0.25, 0.3) is 0 Å². The molecule has 0 aromatic rings. The Labute approximate surface area is 326 Å². The van der Waals surface area contributed by atoms with Crippen LogP contribution in [0.25, 0.3) is 0 Å². The fourth-order valence-corrected chi connectivity index (χ4v) is 5.72. The van der Waals surface area contributed by atoms with E-state index in [1.54, 1.807) is 0 Å². The number of carbonyl (C=O) groups excluding carboxylic acids is 3. The second-order valence-corrected chi connectivity index (χ2v) is 14.2. The van der Waals surface area contributed by atoms with E-state index in [2.05, 4.69) is 81.5 Å². The quantitative estimate of drug-likeness (QED) is 0.0271. The molecular formula is C47H80O6. The van der Waals surface area contributed by atoms with Crippen LogP contribution in [0.4, 0.5) is 0 Å². The molecule has 1 atom stereocenters. The molecule has 6 heteroatoms. The Morgan fingerprint density at radius 2 is 0.736 bits per heavy atom. The van der Waals surface area contributed by atoms with Crippen molar-refractivity contribution >= 4 is 17.9 Å². The zero-order valence-electron chi connectivity index (χ0n) is 34.5. The molecule has 0 bridgehead atoms. The van der Waals surface area contributed by atoms with E-state index in [9.17, 15) is 14.4 Å². The van der Waals surface area contributed by atoms with Crippen LogP contribution < -0.4 is 0 Å². The molecule has 53 heavy (non-hydrogen) atoms. The van der Waals surface area contributed by atoms with Crippen LogP contribution in [0, 0.1) is 0 Å². The fourth-order valence-electron chi connectivity index (χ4n) is 5.72. The highest BCUT2D eigenvalue weighted by Crippen LogP contribution is 2.12. The van der Waals surface area contributed by atoms with Gasteiger partial charge in [0.2, 0.25) is 0 Å². The third kappa shape index (κ3) is 40.1. The number of allylic oxidation sites excluding steroid dienone is 10. The second kappa shape index (κ2) is 41.9. The average molecular weight is 741 g/mol. The first-order valence-electron chi connectivity index (χ1n) is 21.8. The maximum Gasteiger partial charge on any atom is 0.306 e. The molecule has 0 saturated carbocycles. The molecule has 0 saturated heterocycles. The van der Waals surface area contributed by atoms with E-state index in [1.165, 1.54) is 57.8 Å². The summed E-state index contributed by atoms with van der Waals surface area (Å²) in [4.78, 5) is 37.4. The maximum atomic E-state index is 12.6. The summed E-state index contributed by atoms with van der Waals surface area (Å²) < 4.78 is 16.5. The molecule has 0 heterocycles. The van der Waals surface area contributed by atoms with Gasteiger partial charge in [0.05, 0.1) is 0 Å². The lowest BCUT2D eigenvalue weighted by atomic mass is 10.1.